The number of carbonyl (C=O) groups is 2. The Bertz CT molecular complexity index is 864. The summed E-state index contributed by atoms with van der Waals surface area (Å²) >= 11 is 3.47. The molecule has 1 fully saturated rings. The van der Waals surface area contributed by atoms with Crippen molar-refractivity contribution in [2.24, 2.45) is 5.92 Å². The molecule has 0 unspecified atom stereocenters. The molecular weight excluding hydrogens is 420 g/mol. The number of para-hydroxylation sites is 2. The highest BCUT2D eigenvalue weighted by Gasteiger charge is 2.31. The summed E-state index contributed by atoms with van der Waals surface area (Å²) in [5, 5.41) is 3.18. The highest BCUT2D eigenvalue weighted by atomic mass is 79.9. The Kier molecular flexibility index (Phi) is 5.67. The number of fused-ring (bicyclic) bond motifs is 1. The van der Waals surface area contributed by atoms with Gasteiger partial charge in [-0.2, -0.15) is 0 Å². The van der Waals surface area contributed by atoms with Gasteiger partial charge in [-0.15, -0.1) is 0 Å². The molecule has 0 spiro atoms. The topological polar surface area (TPSA) is 58.6 Å². The third-order valence-electron chi connectivity index (χ3n) is 5.50. The van der Waals surface area contributed by atoms with Gasteiger partial charge in [0, 0.05) is 4.47 Å². The fraction of sp³-hybridized carbons (Fsp3) is 0.364. The van der Waals surface area contributed by atoms with Crippen molar-refractivity contribution in [2.75, 3.05) is 18.1 Å². The molecule has 1 atom stereocenters. The van der Waals surface area contributed by atoms with Crippen molar-refractivity contribution in [1.82, 2.24) is 5.32 Å². The molecular formula is C22H23BrN2O3. The number of amides is 2. The van der Waals surface area contributed by atoms with Gasteiger partial charge < -0.3 is 10.1 Å². The summed E-state index contributed by atoms with van der Waals surface area (Å²) in [6, 6.07) is 15.4. The zero-order chi connectivity index (χ0) is 19.5. The molecule has 28 heavy (non-hydrogen) atoms. The van der Waals surface area contributed by atoms with E-state index >= 15 is 0 Å². The van der Waals surface area contributed by atoms with Crippen LogP contribution in [0.5, 0.6) is 5.75 Å². The van der Waals surface area contributed by atoms with Gasteiger partial charge >= 0.3 is 0 Å². The Morgan fingerprint density at radius 3 is 2.64 bits per heavy atom. The van der Waals surface area contributed by atoms with Gasteiger partial charge in [0.1, 0.15) is 12.3 Å². The SMILES string of the molecule is O=C(CN1C(=O)CCOc2ccccc21)N[C@H](c1ccc(Br)cc1)C1CCC1. The third kappa shape index (κ3) is 4.07. The summed E-state index contributed by atoms with van der Waals surface area (Å²) < 4.78 is 6.67. The normalized spacial score (nSPS) is 17.8. The lowest BCUT2D eigenvalue weighted by atomic mass is 9.77. The largest absolute Gasteiger partial charge is 0.491 e. The molecule has 0 saturated heterocycles. The molecule has 1 aliphatic heterocycles. The van der Waals surface area contributed by atoms with Crippen LogP contribution in [0.1, 0.15) is 37.3 Å². The van der Waals surface area contributed by atoms with Gasteiger partial charge in [-0.05, 0) is 48.6 Å². The van der Waals surface area contributed by atoms with E-state index in [1.165, 1.54) is 11.3 Å². The fourth-order valence-corrected chi connectivity index (χ4v) is 4.04. The molecule has 2 aromatic rings. The minimum absolute atomic E-state index is 0.00104. The molecule has 6 heteroatoms. The molecule has 5 nitrogen and oxygen atoms in total. The van der Waals surface area contributed by atoms with Crippen LogP contribution in [0.3, 0.4) is 0 Å². The maximum Gasteiger partial charge on any atom is 0.240 e. The van der Waals surface area contributed by atoms with Crippen LogP contribution in [-0.4, -0.2) is 25.0 Å². The maximum absolute atomic E-state index is 12.9. The number of hydrogen-bond acceptors (Lipinski definition) is 3. The van der Waals surface area contributed by atoms with Gasteiger partial charge in [0.05, 0.1) is 24.8 Å². The van der Waals surface area contributed by atoms with Gasteiger partial charge in [0.25, 0.3) is 0 Å². The second kappa shape index (κ2) is 8.35. The summed E-state index contributed by atoms with van der Waals surface area (Å²) in [6.45, 7) is 0.330. The first kappa shape index (κ1) is 19.0. The number of benzene rings is 2. The number of carbonyl (C=O) groups excluding carboxylic acids is 2. The van der Waals surface area contributed by atoms with Gasteiger partial charge in [0.2, 0.25) is 11.8 Å². The molecule has 1 aliphatic carbocycles. The number of ether oxygens (including phenoxy) is 1. The summed E-state index contributed by atoms with van der Waals surface area (Å²) in [4.78, 5) is 27.0. The quantitative estimate of drug-likeness (QED) is 0.753. The zero-order valence-corrected chi connectivity index (χ0v) is 17.2. The molecule has 2 aromatic carbocycles. The Hall–Kier alpha value is -2.34. The fourth-order valence-electron chi connectivity index (χ4n) is 3.77. The van der Waals surface area contributed by atoms with Crippen LogP contribution in [0.25, 0.3) is 0 Å². The van der Waals surface area contributed by atoms with Crippen LogP contribution in [0, 0.1) is 5.92 Å². The molecule has 1 heterocycles. The van der Waals surface area contributed by atoms with Gasteiger partial charge in [0.15, 0.2) is 0 Å². The lowest BCUT2D eigenvalue weighted by Gasteiger charge is -2.35. The molecule has 146 valence electrons. The predicted molar refractivity (Wildman–Crippen MR) is 111 cm³/mol. The second-order valence-electron chi connectivity index (χ2n) is 7.33. The van der Waals surface area contributed by atoms with Crippen LogP contribution in [-0.2, 0) is 9.59 Å². The van der Waals surface area contributed by atoms with Gasteiger partial charge in [-0.1, -0.05) is 46.6 Å². The van der Waals surface area contributed by atoms with Crippen molar-refractivity contribution in [3.63, 3.8) is 0 Å². The van der Waals surface area contributed by atoms with E-state index in [1.807, 2.05) is 48.5 Å². The van der Waals surface area contributed by atoms with Crippen LogP contribution in [0.2, 0.25) is 0 Å². The zero-order valence-electron chi connectivity index (χ0n) is 15.6. The summed E-state index contributed by atoms with van der Waals surface area (Å²) in [5.41, 5.74) is 1.76. The molecule has 0 radical (unpaired) electrons. The van der Waals surface area contributed by atoms with E-state index in [2.05, 4.69) is 21.2 Å². The van der Waals surface area contributed by atoms with E-state index in [0.29, 0.717) is 24.0 Å². The average molecular weight is 443 g/mol. The average Bonchev–Trinajstić information content (AvgIpc) is 2.80. The van der Waals surface area contributed by atoms with Crippen LogP contribution in [0.15, 0.2) is 53.0 Å². The Balaban J connectivity index is 1.52. The lowest BCUT2D eigenvalue weighted by molar-refractivity contribution is -0.124. The third-order valence-corrected chi connectivity index (χ3v) is 6.03. The summed E-state index contributed by atoms with van der Waals surface area (Å²) in [6.07, 6.45) is 3.68. The number of nitrogens with zero attached hydrogens (tertiary/aromatic N) is 1. The highest BCUT2D eigenvalue weighted by Crippen LogP contribution is 2.38. The van der Waals surface area contributed by atoms with Crippen molar-refractivity contribution in [3.05, 3.63) is 58.6 Å². The second-order valence-corrected chi connectivity index (χ2v) is 8.25. The monoisotopic (exact) mass is 442 g/mol. The smallest absolute Gasteiger partial charge is 0.240 e. The summed E-state index contributed by atoms with van der Waals surface area (Å²) in [5.74, 6) is 0.846. The first-order valence-electron chi connectivity index (χ1n) is 9.69. The van der Waals surface area contributed by atoms with E-state index in [9.17, 15) is 9.59 Å². The van der Waals surface area contributed by atoms with Gasteiger partial charge in [-0.3, -0.25) is 14.5 Å². The molecule has 1 saturated carbocycles. The molecule has 0 aromatic heterocycles. The Morgan fingerprint density at radius 2 is 1.93 bits per heavy atom. The van der Waals surface area contributed by atoms with Crippen LogP contribution in [0.4, 0.5) is 5.69 Å². The minimum atomic E-state index is -0.148. The van der Waals surface area contributed by atoms with Crippen molar-refractivity contribution < 1.29 is 14.3 Å². The maximum atomic E-state index is 12.9. The molecule has 2 aliphatic rings. The molecule has 0 bridgehead atoms. The lowest BCUT2D eigenvalue weighted by Crippen LogP contribution is -2.44. The van der Waals surface area contributed by atoms with E-state index in [4.69, 9.17) is 4.74 Å². The van der Waals surface area contributed by atoms with E-state index < -0.39 is 0 Å². The Labute approximate surface area is 173 Å². The first-order chi connectivity index (χ1) is 13.6. The van der Waals surface area contributed by atoms with Crippen molar-refractivity contribution in [3.8, 4) is 5.75 Å². The Morgan fingerprint density at radius 1 is 1.18 bits per heavy atom. The van der Waals surface area contributed by atoms with Gasteiger partial charge in [-0.25, -0.2) is 0 Å². The standard InChI is InChI=1S/C22H23BrN2O3/c23-17-10-8-16(9-11-17)22(15-4-3-5-15)24-20(26)14-25-18-6-1-2-7-19(18)28-13-12-21(25)27/h1-2,6-11,15,22H,3-5,12-14H2,(H,24,26)/t22-/m0/s1. The number of rotatable bonds is 5. The number of anilines is 1. The number of nitrogens with one attached hydrogen (secondary N) is 1. The summed E-state index contributed by atoms with van der Waals surface area (Å²) in [7, 11) is 0. The van der Waals surface area contributed by atoms with E-state index in [1.54, 1.807) is 0 Å². The molecule has 2 amide bonds. The number of hydrogen-bond donors (Lipinski definition) is 1. The van der Waals surface area contributed by atoms with Crippen LogP contribution >= 0.6 is 15.9 Å². The van der Waals surface area contributed by atoms with E-state index in [-0.39, 0.29) is 30.8 Å². The highest BCUT2D eigenvalue weighted by molar-refractivity contribution is 9.10. The van der Waals surface area contributed by atoms with E-state index in [0.717, 1.165) is 22.9 Å². The van der Waals surface area contributed by atoms with Crippen molar-refractivity contribution in [2.45, 2.75) is 31.7 Å². The molecule has 4 rings (SSSR count). The van der Waals surface area contributed by atoms with Crippen molar-refractivity contribution in [1.29, 1.82) is 0 Å². The van der Waals surface area contributed by atoms with Crippen molar-refractivity contribution >= 4 is 33.4 Å². The number of halogens is 1. The molecule has 1 N–H and O–H groups in total. The van der Waals surface area contributed by atoms with Crippen LogP contribution < -0.4 is 15.0 Å². The minimum Gasteiger partial charge on any atom is -0.491 e. The first-order valence-corrected chi connectivity index (χ1v) is 10.5. The predicted octanol–water partition coefficient (Wildman–Crippen LogP) is 4.22.